The normalized spacial score (nSPS) is 12.9. The second kappa shape index (κ2) is 4.94. The van der Waals surface area contributed by atoms with Gasteiger partial charge in [-0.1, -0.05) is 12.1 Å². The number of hydrogen-bond donors (Lipinski definition) is 2. The summed E-state index contributed by atoms with van der Waals surface area (Å²) in [5.74, 6) is -0.868. The minimum Gasteiger partial charge on any atom is -0.479 e. The van der Waals surface area contributed by atoms with Crippen LogP contribution in [-0.4, -0.2) is 18.3 Å². The van der Waals surface area contributed by atoms with E-state index in [1.54, 1.807) is 0 Å². The Morgan fingerprint density at radius 1 is 1.29 bits per heavy atom. The molecule has 0 saturated carbocycles. The van der Waals surface area contributed by atoms with Crippen molar-refractivity contribution in [1.29, 1.82) is 5.41 Å². The lowest BCUT2D eigenvalue weighted by Crippen LogP contribution is -2.30. The molecular formula is C10H11F3N2O2. The molecule has 0 heterocycles. The third-order valence-electron chi connectivity index (χ3n) is 1.82. The van der Waals surface area contributed by atoms with Crippen molar-refractivity contribution >= 4 is 5.84 Å². The first-order chi connectivity index (χ1) is 7.79. The molecule has 0 amide bonds. The standard InChI is InChI=1S/C10H11F3N2O2/c1-6(9(14)15)16-7-4-2-3-5-8(7)17-10(11,12)13/h2-6H,1H3,(H3,14,15). The van der Waals surface area contributed by atoms with Gasteiger partial charge in [0.1, 0.15) is 5.84 Å². The Balaban J connectivity index is 2.88. The fraction of sp³-hybridized carbons (Fsp3) is 0.300. The fourth-order valence-corrected chi connectivity index (χ4v) is 1.01. The van der Waals surface area contributed by atoms with Gasteiger partial charge in [0.2, 0.25) is 0 Å². The van der Waals surface area contributed by atoms with Gasteiger partial charge >= 0.3 is 6.36 Å². The molecule has 0 aliphatic heterocycles. The van der Waals surface area contributed by atoms with Gasteiger partial charge in [-0.3, -0.25) is 5.41 Å². The van der Waals surface area contributed by atoms with Gasteiger partial charge in [0.15, 0.2) is 17.6 Å². The van der Waals surface area contributed by atoms with Gasteiger partial charge in [0.25, 0.3) is 0 Å². The van der Waals surface area contributed by atoms with Crippen LogP contribution in [0.3, 0.4) is 0 Å². The summed E-state index contributed by atoms with van der Waals surface area (Å²) >= 11 is 0. The first-order valence-electron chi connectivity index (χ1n) is 4.65. The van der Waals surface area contributed by atoms with E-state index in [1.165, 1.54) is 25.1 Å². The molecule has 7 heteroatoms. The van der Waals surface area contributed by atoms with Crippen LogP contribution >= 0.6 is 0 Å². The fourth-order valence-electron chi connectivity index (χ4n) is 1.01. The highest BCUT2D eigenvalue weighted by molar-refractivity contribution is 5.81. The summed E-state index contributed by atoms with van der Waals surface area (Å²) in [4.78, 5) is 0. The number of benzene rings is 1. The number of rotatable bonds is 4. The van der Waals surface area contributed by atoms with E-state index >= 15 is 0 Å². The van der Waals surface area contributed by atoms with Crippen molar-refractivity contribution in [3.8, 4) is 11.5 Å². The van der Waals surface area contributed by atoms with E-state index in [1.807, 2.05) is 0 Å². The minimum atomic E-state index is -4.79. The first kappa shape index (κ1) is 13.1. The number of nitrogens with one attached hydrogen (secondary N) is 1. The molecule has 0 radical (unpaired) electrons. The van der Waals surface area contributed by atoms with Crippen LogP contribution in [0.1, 0.15) is 6.92 Å². The number of para-hydroxylation sites is 2. The van der Waals surface area contributed by atoms with Crippen LogP contribution in [0.25, 0.3) is 0 Å². The van der Waals surface area contributed by atoms with E-state index in [9.17, 15) is 13.2 Å². The highest BCUT2D eigenvalue weighted by Gasteiger charge is 2.32. The Hall–Kier alpha value is -1.92. The molecule has 1 rings (SSSR count). The lowest BCUT2D eigenvalue weighted by Gasteiger charge is -2.17. The number of halogens is 3. The van der Waals surface area contributed by atoms with Gasteiger partial charge in [-0.25, -0.2) is 0 Å². The number of hydrogen-bond acceptors (Lipinski definition) is 3. The quantitative estimate of drug-likeness (QED) is 0.634. The Kier molecular flexibility index (Phi) is 3.82. The summed E-state index contributed by atoms with van der Waals surface area (Å²) in [7, 11) is 0. The average molecular weight is 248 g/mol. The Morgan fingerprint density at radius 3 is 2.29 bits per heavy atom. The minimum absolute atomic E-state index is 0.118. The van der Waals surface area contributed by atoms with Gasteiger partial charge < -0.3 is 15.2 Å². The molecule has 0 fully saturated rings. The average Bonchev–Trinajstić information content (AvgIpc) is 2.18. The maximum absolute atomic E-state index is 12.1. The van der Waals surface area contributed by atoms with Gasteiger partial charge in [-0.2, -0.15) is 0 Å². The first-order valence-corrected chi connectivity index (χ1v) is 4.65. The van der Waals surface area contributed by atoms with Crippen molar-refractivity contribution in [1.82, 2.24) is 0 Å². The van der Waals surface area contributed by atoms with Crippen LogP contribution in [0.15, 0.2) is 24.3 Å². The molecular weight excluding hydrogens is 237 g/mol. The second-order valence-electron chi connectivity index (χ2n) is 3.21. The summed E-state index contributed by atoms with van der Waals surface area (Å²) in [6.45, 7) is 1.45. The molecule has 0 bridgehead atoms. The van der Waals surface area contributed by atoms with Crippen molar-refractivity contribution in [2.45, 2.75) is 19.4 Å². The maximum atomic E-state index is 12.1. The van der Waals surface area contributed by atoms with Crippen molar-refractivity contribution < 1.29 is 22.6 Å². The zero-order valence-electron chi connectivity index (χ0n) is 8.91. The van der Waals surface area contributed by atoms with Crippen LogP contribution in [0, 0.1) is 5.41 Å². The van der Waals surface area contributed by atoms with E-state index in [2.05, 4.69) is 4.74 Å². The van der Waals surface area contributed by atoms with E-state index < -0.39 is 18.2 Å². The predicted octanol–water partition coefficient (Wildman–Crippen LogP) is 2.29. The van der Waals surface area contributed by atoms with Crippen LogP contribution in [0.5, 0.6) is 11.5 Å². The third-order valence-corrected chi connectivity index (χ3v) is 1.82. The van der Waals surface area contributed by atoms with Crippen molar-refractivity contribution in [2.75, 3.05) is 0 Å². The topological polar surface area (TPSA) is 68.3 Å². The molecule has 1 aromatic rings. The molecule has 3 N–H and O–H groups in total. The molecule has 1 atom stereocenters. The van der Waals surface area contributed by atoms with Crippen molar-refractivity contribution in [3.63, 3.8) is 0 Å². The smallest absolute Gasteiger partial charge is 0.479 e. The third kappa shape index (κ3) is 4.21. The summed E-state index contributed by atoms with van der Waals surface area (Å²) in [6.07, 6.45) is -5.62. The van der Waals surface area contributed by atoms with Gasteiger partial charge in [0.05, 0.1) is 0 Å². The summed E-state index contributed by atoms with van der Waals surface area (Å²) in [5, 5.41) is 7.09. The Morgan fingerprint density at radius 2 is 1.82 bits per heavy atom. The SMILES string of the molecule is CC(Oc1ccccc1OC(F)(F)F)C(=N)N. The monoisotopic (exact) mass is 248 g/mol. The van der Waals surface area contributed by atoms with Crippen LogP contribution in [0.4, 0.5) is 13.2 Å². The predicted molar refractivity (Wildman–Crippen MR) is 55.1 cm³/mol. The molecule has 0 aromatic heterocycles. The molecule has 0 spiro atoms. The van der Waals surface area contributed by atoms with Gasteiger partial charge in [-0.05, 0) is 19.1 Å². The van der Waals surface area contributed by atoms with Crippen molar-refractivity contribution in [2.24, 2.45) is 5.73 Å². The number of amidine groups is 1. The van der Waals surface area contributed by atoms with E-state index in [-0.39, 0.29) is 11.6 Å². The summed E-state index contributed by atoms with van der Waals surface area (Å²) < 4.78 is 45.1. The van der Waals surface area contributed by atoms with E-state index in [0.29, 0.717) is 0 Å². The molecule has 94 valence electrons. The van der Waals surface area contributed by atoms with Crippen molar-refractivity contribution in [3.05, 3.63) is 24.3 Å². The zero-order valence-corrected chi connectivity index (χ0v) is 8.91. The molecule has 1 aromatic carbocycles. The molecule has 0 aliphatic carbocycles. The lowest BCUT2D eigenvalue weighted by atomic mass is 10.3. The highest BCUT2D eigenvalue weighted by Crippen LogP contribution is 2.32. The molecule has 0 aliphatic rings. The molecule has 0 saturated heterocycles. The zero-order chi connectivity index (χ0) is 13.1. The number of nitrogens with two attached hydrogens (primary N) is 1. The lowest BCUT2D eigenvalue weighted by molar-refractivity contribution is -0.275. The Bertz CT molecular complexity index is 407. The maximum Gasteiger partial charge on any atom is 0.573 e. The Labute approximate surface area is 95.6 Å². The van der Waals surface area contributed by atoms with E-state index in [0.717, 1.165) is 6.07 Å². The second-order valence-corrected chi connectivity index (χ2v) is 3.21. The van der Waals surface area contributed by atoms with Crippen LogP contribution in [-0.2, 0) is 0 Å². The summed E-state index contributed by atoms with van der Waals surface area (Å²) in [5.41, 5.74) is 5.16. The molecule has 4 nitrogen and oxygen atoms in total. The molecule has 17 heavy (non-hydrogen) atoms. The van der Waals surface area contributed by atoms with Crippen LogP contribution in [0.2, 0.25) is 0 Å². The molecule has 1 unspecified atom stereocenters. The van der Waals surface area contributed by atoms with Gasteiger partial charge in [-0.15, -0.1) is 13.2 Å². The van der Waals surface area contributed by atoms with E-state index in [4.69, 9.17) is 15.9 Å². The number of alkyl halides is 3. The number of ether oxygens (including phenoxy) is 2. The van der Waals surface area contributed by atoms with Gasteiger partial charge in [0, 0.05) is 0 Å². The summed E-state index contributed by atoms with van der Waals surface area (Å²) in [6, 6.07) is 5.30. The highest BCUT2D eigenvalue weighted by atomic mass is 19.4. The largest absolute Gasteiger partial charge is 0.573 e. The van der Waals surface area contributed by atoms with Crippen LogP contribution < -0.4 is 15.2 Å².